The minimum atomic E-state index is -4.52. The molecule has 0 saturated carbocycles. The third kappa shape index (κ3) is 35.5. The Morgan fingerprint density at radius 3 is 1.67 bits per heavy atom. The SMILES string of the molecule is CC/C=C\C/C=C\C/C=C\C/C=C\C/C=C\C/C=C\CCCOCC(COP(=O)(O)OCC(O)CO)OC(=O)CCCCCCCCCC. The Labute approximate surface area is 297 Å². The molecule has 0 spiro atoms. The van der Waals surface area contributed by atoms with Crippen molar-refractivity contribution in [3.8, 4) is 0 Å². The van der Waals surface area contributed by atoms with Gasteiger partial charge in [0.15, 0.2) is 0 Å². The molecule has 0 rings (SSSR count). The summed E-state index contributed by atoms with van der Waals surface area (Å²) >= 11 is 0. The van der Waals surface area contributed by atoms with Gasteiger partial charge in [0.25, 0.3) is 0 Å². The van der Waals surface area contributed by atoms with Gasteiger partial charge in [-0.25, -0.2) is 4.57 Å². The Morgan fingerprint density at radius 1 is 0.653 bits per heavy atom. The molecule has 9 nitrogen and oxygen atoms in total. The zero-order valence-electron chi connectivity index (χ0n) is 30.4. The van der Waals surface area contributed by atoms with E-state index in [0.717, 1.165) is 70.6 Å². The zero-order chi connectivity index (χ0) is 36.1. The van der Waals surface area contributed by atoms with Gasteiger partial charge in [-0.05, 0) is 57.8 Å². The fraction of sp³-hybridized carbons (Fsp3) is 0.667. The summed E-state index contributed by atoms with van der Waals surface area (Å²) in [5, 5.41) is 18.2. The number of aliphatic hydroxyl groups excluding tert-OH is 2. The van der Waals surface area contributed by atoms with E-state index in [2.05, 4.69) is 86.8 Å². The van der Waals surface area contributed by atoms with Crippen LogP contribution in [0.3, 0.4) is 0 Å². The van der Waals surface area contributed by atoms with Crippen LogP contribution in [-0.4, -0.2) is 66.3 Å². The van der Waals surface area contributed by atoms with Crippen LogP contribution >= 0.6 is 7.82 Å². The molecular formula is C39H67O9P. The van der Waals surface area contributed by atoms with Crippen molar-refractivity contribution < 1.29 is 43.0 Å². The smallest absolute Gasteiger partial charge is 0.457 e. The molecule has 0 aliphatic heterocycles. The van der Waals surface area contributed by atoms with Gasteiger partial charge in [0.05, 0.1) is 26.4 Å². The van der Waals surface area contributed by atoms with Crippen molar-refractivity contribution in [1.82, 2.24) is 0 Å². The molecule has 3 atom stereocenters. The van der Waals surface area contributed by atoms with Crippen molar-refractivity contribution >= 4 is 13.8 Å². The minimum Gasteiger partial charge on any atom is -0.457 e. The molecule has 3 unspecified atom stereocenters. The van der Waals surface area contributed by atoms with E-state index < -0.39 is 45.8 Å². The van der Waals surface area contributed by atoms with Crippen molar-refractivity contribution in [1.29, 1.82) is 0 Å². The zero-order valence-corrected chi connectivity index (χ0v) is 31.3. The maximum Gasteiger partial charge on any atom is 0.472 e. The Morgan fingerprint density at radius 2 is 1.14 bits per heavy atom. The minimum absolute atomic E-state index is 0.00613. The van der Waals surface area contributed by atoms with E-state index in [4.69, 9.17) is 23.6 Å². The van der Waals surface area contributed by atoms with Gasteiger partial charge in [-0.1, -0.05) is 132 Å². The first-order chi connectivity index (χ1) is 23.8. The quantitative estimate of drug-likeness (QED) is 0.0259. The van der Waals surface area contributed by atoms with Gasteiger partial charge in [-0.2, -0.15) is 0 Å². The molecule has 0 aromatic rings. The molecule has 282 valence electrons. The molecule has 0 radical (unpaired) electrons. The molecule has 0 saturated heterocycles. The third-order valence-corrected chi connectivity index (χ3v) is 8.11. The standard InChI is InChI=1S/C39H67O9P/c1-3-5-7-9-11-13-14-15-16-17-18-19-20-21-22-23-24-26-28-30-32-45-35-38(36-47-49(43,44)46-34-37(41)33-40)48-39(42)31-29-27-25-12-10-8-6-4-2/h5,7,11,13,15-16,18-19,21-22,24,26,37-38,40-41H,3-4,6,8-10,12,14,17,20,23,25,27-36H2,1-2H3,(H,43,44)/b7-5-,13-11-,16-15-,19-18-,22-21-,26-24-. The Hall–Kier alpha value is -2.10. The van der Waals surface area contributed by atoms with Crippen LogP contribution in [0.4, 0.5) is 0 Å². The van der Waals surface area contributed by atoms with Crippen LogP contribution in [0.5, 0.6) is 0 Å². The van der Waals surface area contributed by atoms with E-state index in [1.165, 1.54) is 25.7 Å². The number of esters is 1. The van der Waals surface area contributed by atoms with Crippen molar-refractivity contribution in [2.45, 2.75) is 135 Å². The van der Waals surface area contributed by atoms with Crippen LogP contribution in [0.15, 0.2) is 72.9 Å². The van der Waals surface area contributed by atoms with Crippen LogP contribution in [0, 0.1) is 0 Å². The van der Waals surface area contributed by atoms with Gasteiger partial charge in [-0.15, -0.1) is 0 Å². The van der Waals surface area contributed by atoms with Gasteiger partial charge in [0.1, 0.15) is 12.2 Å². The normalized spacial score (nSPS) is 15.1. The van der Waals surface area contributed by atoms with Crippen LogP contribution in [0.2, 0.25) is 0 Å². The van der Waals surface area contributed by atoms with E-state index in [9.17, 15) is 19.4 Å². The average molecular weight is 711 g/mol. The highest BCUT2D eigenvalue weighted by Crippen LogP contribution is 2.43. The second kappa shape index (κ2) is 35.7. The molecule has 0 bridgehead atoms. The molecule has 49 heavy (non-hydrogen) atoms. The number of rotatable bonds is 34. The Kier molecular flexibility index (Phi) is 34.2. The molecule has 0 aliphatic rings. The van der Waals surface area contributed by atoms with E-state index in [-0.39, 0.29) is 13.0 Å². The number of carbonyl (C=O) groups excluding carboxylic acids is 1. The van der Waals surface area contributed by atoms with Gasteiger partial charge < -0.3 is 24.6 Å². The lowest BCUT2D eigenvalue weighted by Gasteiger charge is -2.20. The van der Waals surface area contributed by atoms with Crippen molar-refractivity contribution in [2.75, 3.05) is 33.0 Å². The van der Waals surface area contributed by atoms with Crippen LogP contribution in [0.1, 0.15) is 123 Å². The lowest BCUT2D eigenvalue weighted by atomic mass is 10.1. The molecule has 0 fully saturated rings. The van der Waals surface area contributed by atoms with E-state index in [1.54, 1.807) is 0 Å². The number of unbranched alkanes of at least 4 members (excludes halogenated alkanes) is 8. The number of hydrogen-bond donors (Lipinski definition) is 3. The van der Waals surface area contributed by atoms with Crippen LogP contribution in [-0.2, 0) is 27.9 Å². The van der Waals surface area contributed by atoms with Crippen LogP contribution in [0.25, 0.3) is 0 Å². The number of aliphatic hydroxyl groups is 2. The monoisotopic (exact) mass is 710 g/mol. The van der Waals surface area contributed by atoms with Gasteiger partial charge in [0.2, 0.25) is 0 Å². The van der Waals surface area contributed by atoms with Crippen LogP contribution < -0.4 is 0 Å². The lowest BCUT2D eigenvalue weighted by molar-refractivity contribution is -0.154. The molecule has 0 aromatic carbocycles. The molecule has 0 aliphatic carbocycles. The molecule has 0 heterocycles. The highest BCUT2D eigenvalue weighted by molar-refractivity contribution is 7.47. The lowest BCUT2D eigenvalue weighted by Crippen LogP contribution is -2.29. The first-order valence-electron chi connectivity index (χ1n) is 18.4. The number of hydrogen-bond acceptors (Lipinski definition) is 8. The third-order valence-electron chi connectivity index (χ3n) is 7.16. The summed E-state index contributed by atoms with van der Waals surface area (Å²) in [6.45, 7) is 3.17. The summed E-state index contributed by atoms with van der Waals surface area (Å²) in [6.07, 6.45) is 40.3. The first-order valence-corrected chi connectivity index (χ1v) is 19.9. The van der Waals surface area contributed by atoms with Gasteiger partial charge in [-0.3, -0.25) is 13.8 Å². The molecule has 10 heteroatoms. The topological polar surface area (TPSA) is 132 Å². The number of allylic oxidation sites excluding steroid dienone is 12. The molecule has 0 aromatic heterocycles. The predicted octanol–water partition coefficient (Wildman–Crippen LogP) is 9.41. The van der Waals surface area contributed by atoms with E-state index in [0.29, 0.717) is 13.0 Å². The summed E-state index contributed by atoms with van der Waals surface area (Å²) in [5.74, 6) is -0.412. The highest BCUT2D eigenvalue weighted by Gasteiger charge is 2.26. The van der Waals surface area contributed by atoms with Gasteiger partial charge >= 0.3 is 13.8 Å². The maximum absolute atomic E-state index is 12.4. The fourth-order valence-electron chi connectivity index (χ4n) is 4.37. The second-order valence-electron chi connectivity index (χ2n) is 11.9. The molecule has 3 N–H and O–H groups in total. The summed E-state index contributed by atoms with van der Waals surface area (Å²) < 4.78 is 33.0. The Balaban J connectivity index is 4.31. The predicted molar refractivity (Wildman–Crippen MR) is 200 cm³/mol. The molecular weight excluding hydrogens is 643 g/mol. The summed E-state index contributed by atoms with van der Waals surface area (Å²) in [7, 11) is -4.52. The highest BCUT2D eigenvalue weighted by atomic mass is 31.2. The maximum atomic E-state index is 12.4. The number of carbonyl (C=O) groups is 1. The number of phosphoric ester groups is 1. The Bertz CT molecular complexity index is 987. The van der Waals surface area contributed by atoms with Crippen molar-refractivity contribution in [2.24, 2.45) is 0 Å². The number of ether oxygens (including phenoxy) is 2. The first kappa shape index (κ1) is 46.9. The van der Waals surface area contributed by atoms with E-state index >= 15 is 0 Å². The van der Waals surface area contributed by atoms with E-state index in [1.807, 2.05) is 0 Å². The second-order valence-corrected chi connectivity index (χ2v) is 13.3. The summed E-state index contributed by atoms with van der Waals surface area (Å²) in [6, 6.07) is 0. The van der Waals surface area contributed by atoms with Crippen molar-refractivity contribution in [3.05, 3.63) is 72.9 Å². The number of phosphoric acid groups is 1. The average Bonchev–Trinajstić information content (AvgIpc) is 3.09. The summed E-state index contributed by atoms with van der Waals surface area (Å²) in [5.41, 5.74) is 0. The fourth-order valence-corrected chi connectivity index (χ4v) is 5.16. The largest absolute Gasteiger partial charge is 0.472 e. The van der Waals surface area contributed by atoms with Gasteiger partial charge in [0, 0.05) is 13.0 Å². The van der Waals surface area contributed by atoms with Crippen molar-refractivity contribution in [3.63, 3.8) is 0 Å². The molecule has 0 amide bonds. The summed E-state index contributed by atoms with van der Waals surface area (Å²) in [4.78, 5) is 22.3.